The molecule has 1 fully saturated rings. The van der Waals surface area contributed by atoms with Crippen molar-refractivity contribution in [1.82, 2.24) is 4.90 Å². The van der Waals surface area contributed by atoms with Crippen LogP contribution in [0.3, 0.4) is 0 Å². The van der Waals surface area contributed by atoms with E-state index < -0.39 is 6.10 Å². The van der Waals surface area contributed by atoms with Crippen LogP contribution >= 0.6 is 0 Å². The first-order valence-electron chi connectivity index (χ1n) is 6.44. The predicted molar refractivity (Wildman–Crippen MR) is 71.0 cm³/mol. The van der Waals surface area contributed by atoms with Gasteiger partial charge in [0.05, 0.1) is 12.6 Å². The molecule has 0 bridgehead atoms. The van der Waals surface area contributed by atoms with Crippen LogP contribution in [0, 0.1) is 0 Å². The van der Waals surface area contributed by atoms with Crippen LogP contribution in [0.2, 0.25) is 0 Å². The molecule has 102 valence electrons. The third-order valence-electron chi connectivity index (χ3n) is 3.31. The monoisotopic (exact) mass is 262 g/mol. The lowest BCUT2D eigenvalue weighted by atomic mass is 10.1. The second-order valence-electron chi connectivity index (χ2n) is 4.79. The molecule has 0 aromatic heterocycles. The Morgan fingerprint density at radius 2 is 1.63 bits per heavy atom. The van der Waals surface area contributed by atoms with Crippen LogP contribution in [-0.4, -0.2) is 28.4 Å². The standard InChI is InChI=1S/C14H18N2O3/c15-11-7-5-10(6-8-11)12(17)9-16-13(18)3-1-2-4-14(16)19/h5-8,12,17H,1-4,9,15H2. The molecule has 2 amide bonds. The lowest BCUT2D eigenvalue weighted by molar-refractivity contribution is -0.145. The van der Waals surface area contributed by atoms with Crippen LogP contribution < -0.4 is 5.73 Å². The van der Waals surface area contributed by atoms with Gasteiger partial charge in [-0.3, -0.25) is 14.5 Å². The molecule has 1 atom stereocenters. The van der Waals surface area contributed by atoms with Crippen LogP contribution in [0.4, 0.5) is 5.69 Å². The zero-order valence-corrected chi connectivity index (χ0v) is 10.7. The molecule has 1 aromatic carbocycles. The van der Waals surface area contributed by atoms with Gasteiger partial charge in [0, 0.05) is 18.5 Å². The number of carbonyl (C=O) groups is 2. The summed E-state index contributed by atoms with van der Waals surface area (Å²) in [6.07, 6.45) is 1.35. The molecule has 3 N–H and O–H groups in total. The lowest BCUT2D eigenvalue weighted by Gasteiger charge is -2.22. The van der Waals surface area contributed by atoms with Crippen molar-refractivity contribution in [2.45, 2.75) is 31.8 Å². The third-order valence-corrected chi connectivity index (χ3v) is 3.31. The van der Waals surface area contributed by atoms with Gasteiger partial charge in [0.15, 0.2) is 0 Å². The summed E-state index contributed by atoms with van der Waals surface area (Å²) in [6, 6.07) is 6.77. The number of β-amino-alcohol motifs (C(OH)–C–C–N with tert-alkyl or cyclic N) is 1. The van der Waals surface area contributed by atoms with E-state index in [1.807, 2.05) is 0 Å². The highest BCUT2D eigenvalue weighted by Crippen LogP contribution is 2.19. The summed E-state index contributed by atoms with van der Waals surface area (Å²) in [7, 11) is 0. The minimum absolute atomic E-state index is 0.0155. The first-order valence-corrected chi connectivity index (χ1v) is 6.44. The Balaban J connectivity index is 2.08. The summed E-state index contributed by atoms with van der Waals surface area (Å²) in [5.41, 5.74) is 6.84. The highest BCUT2D eigenvalue weighted by Gasteiger charge is 2.26. The fraction of sp³-hybridized carbons (Fsp3) is 0.429. The number of benzene rings is 1. The average Bonchev–Trinajstić information content (AvgIpc) is 2.54. The number of anilines is 1. The van der Waals surface area contributed by atoms with E-state index in [1.54, 1.807) is 24.3 Å². The molecule has 5 nitrogen and oxygen atoms in total. The number of aliphatic hydroxyl groups excluding tert-OH is 1. The van der Waals surface area contributed by atoms with Crippen LogP contribution in [-0.2, 0) is 9.59 Å². The minimum Gasteiger partial charge on any atom is -0.399 e. The van der Waals surface area contributed by atoms with E-state index in [1.165, 1.54) is 4.90 Å². The molecule has 5 heteroatoms. The number of amides is 2. The number of carbonyl (C=O) groups excluding carboxylic acids is 2. The number of likely N-dealkylation sites (tertiary alicyclic amines) is 1. The molecule has 0 saturated carbocycles. The summed E-state index contributed by atoms with van der Waals surface area (Å²) < 4.78 is 0. The quantitative estimate of drug-likeness (QED) is 0.634. The summed E-state index contributed by atoms with van der Waals surface area (Å²) >= 11 is 0. The maximum atomic E-state index is 11.8. The van der Waals surface area contributed by atoms with E-state index in [9.17, 15) is 14.7 Å². The molecule has 0 aliphatic carbocycles. The first-order chi connectivity index (χ1) is 9.08. The molecule has 19 heavy (non-hydrogen) atoms. The van der Waals surface area contributed by atoms with E-state index in [0.717, 1.165) is 12.8 Å². The zero-order chi connectivity index (χ0) is 13.8. The highest BCUT2D eigenvalue weighted by molar-refractivity contribution is 5.96. The third kappa shape index (κ3) is 3.32. The van der Waals surface area contributed by atoms with E-state index in [4.69, 9.17) is 5.73 Å². The van der Waals surface area contributed by atoms with Crippen molar-refractivity contribution < 1.29 is 14.7 Å². The molecule has 0 radical (unpaired) electrons. The van der Waals surface area contributed by atoms with Gasteiger partial charge in [-0.05, 0) is 30.5 Å². The maximum Gasteiger partial charge on any atom is 0.229 e. The molecule has 2 rings (SSSR count). The van der Waals surface area contributed by atoms with Gasteiger partial charge < -0.3 is 10.8 Å². The van der Waals surface area contributed by atoms with E-state index >= 15 is 0 Å². The van der Waals surface area contributed by atoms with Crippen molar-refractivity contribution in [3.8, 4) is 0 Å². The number of hydrogen-bond donors (Lipinski definition) is 2. The van der Waals surface area contributed by atoms with Crippen molar-refractivity contribution in [3.63, 3.8) is 0 Å². The van der Waals surface area contributed by atoms with E-state index in [0.29, 0.717) is 24.1 Å². The molecule has 1 saturated heterocycles. The molecular formula is C14H18N2O3. The number of rotatable bonds is 3. The largest absolute Gasteiger partial charge is 0.399 e. The molecule has 1 aliphatic heterocycles. The average molecular weight is 262 g/mol. The summed E-state index contributed by atoms with van der Waals surface area (Å²) in [5.74, 6) is -0.394. The van der Waals surface area contributed by atoms with E-state index in [-0.39, 0.29) is 18.4 Å². The molecule has 1 heterocycles. The van der Waals surface area contributed by atoms with Crippen LogP contribution in [0.15, 0.2) is 24.3 Å². The summed E-state index contributed by atoms with van der Waals surface area (Å²) in [6.45, 7) is 0.0155. The van der Waals surface area contributed by atoms with Gasteiger partial charge in [0.2, 0.25) is 11.8 Å². The van der Waals surface area contributed by atoms with Crippen molar-refractivity contribution in [3.05, 3.63) is 29.8 Å². The number of imide groups is 1. The molecule has 1 aromatic rings. The van der Waals surface area contributed by atoms with Gasteiger partial charge in [0.25, 0.3) is 0 Å². The van der Waals surface area contributed by atoms with Gasteiger partial charge in [0.1, 0.15) is 0 Å². The minimum atomic E-state index is -0.869. The van der Waals surface area contributed by atoms with Crippen LogP contribution in [0.5, 0.6) is 0 Å². The number of aliphatic hydroxyl groups is 1. The fourth-order valence-electron chi connectivity index (χ4n) is 2.16. The molecular weight excluding hydrogens is 244 g/mol. The number of nitrogens with zero attached hydrogens (tertiary/aromatic N) is 1. The Morgan fingerprint density at radius 3 is 2.16 bits per heavy atom. The van der Waals surface area contributed by atoms with Crippen molar-refractivity contribution in [2.75, 3.05) is 12.3 Å². The van der Waals surface area contributed by atoms with Crippen molar-refractivity contribution >= 4 is 17.5 Å². The van der Waals surface area contributed by atoms with Crippen LogP contribution in [0.25, 0.3) is 0 Å². The SMILES string of the molecule is Nc1ccc(C(O)CN2C(=O)CCCCC2=O)cc1. The predicted octanol–water partition coefficient (Wildman–Crippen LogP) is 1.23. The van der Waals surface area contributed by atoms with E-state index in [2.05, 4.69) is 0 Å². The maximum absolute atomic E-state index is 11.8. The second kappa shape index (κ2) is 5.84. The number of nitrogen functional groups attached to an aromatic ring is 1. The van der Waals surface area contributed by atoms with Crippen LogP contribution in [0.1, 0.15) is 37.4 Å². The van der Waals surface area contributed by atoms with Gasteiger partial charge in [-0.15, -0.1) is 0 Å². The zero-order valence-electron chi connectivity index (χ0n) is 10.7. The first kappa shape index (κ1) is 13.5. The Bertz CT molecular complexity index is 452. The Morgan fingerprint density at radius 1 is 1.11 bits per heavy atom. The fourth-order valence-corrected chi connectivity index (χ4v) is 2.16. The Kier molecular flexibility index (Phi) is 4.16. The second-order valence-corrected chi connectivity index (χ2v) is 4.79. The number of nitrogens with two attached hydrogens (primary N) is 1. The summed E-state index contributed by atoms with van der Waals surface area (Å²) in [4.78, 5) is 24.8. The van der Waals surface area contributed by atoms with Gasteiger partial charge >= 0.3 is 0 Å². The molecule has 0 spiro atoms. The highest BCUT2D eigenvalue weighted by atomic mass is 16.3. The van der Waals surface area contributed by atoms with Crippen molar-refractivity contribution in [2.24, 2.45) is 0 Å². The van der Waals surface area contributed by atoms with Gasteiger partial charge in [-0.1, -0.05) is 12.1 Å². The molecule has 1 unspecified atom stereocenters. The van der Waals surface area contributed by atoms with Gasteiger partial charge in [-0.2, -0.15) is 0 Å². The van der Waals surface area contributed by atoms with Gasteiger partial charge in [-0.25, -0.2) is 0 Å². The molecule has 1 aliphatic rings. The Labute approximate surface area is 112 Å². The summed E-state index contributed by atoms with van der Waals surface area (Å²) in [5, 5.41) is 10.1. The normalized spacial score (nSPS) is 18.3. The number of hydrogen-bond acceptors (Lipinski definition) is 4. The topological polar surface area (TPSA) is 83.6 Å². The lowest BCUT2D eigenvalue weighted by Crippen LogP contribution is -2.38. The Hall–Kier alpha value is -1.88. The smallest absolute Gasteiger partial charge is 0.229 e. The van der Waals surface area contributed by atoms with Crippen molar-refractivity contribution in [1.29, 1.82) is 0 Å².